The Bertz CT molecular complexity index is 319. The zero-order chi connectivity index (χ0) is 10.5. The summed E-state index contributed by atoms with van der Waals surface area (Å²) in [7, 11) is 0. The van der Waals surface area contributed by atoms with Crippen molar-refractivity contribution in [3.63, 3.8) is 0 Å². The second-order valence-electron chi connectivity index (χ2n) is 4.00. The lowest BCUT2D eigenvalue weighted by atomic mass is 10.1. The third-order valence-corrected chi connectivity index (χ3v) is 2.79. The van der Waals surface area contributed by atoms with Gasteiger partial charge in [0.1, 0.15) is 0 Å². The Hall–Kier alpha value is -1.44. The molecular formula is C13H18N2. The van der Waals surface area contributed by atoms with Crippen LogP contribution in [0.1, 0.15) is 18.9 Å². The fraction of sp³-hybridized carbons (Fsp3) is 0.385. The van der Waals surface area contributed by atoms with Gasteiger partial charge in [0.15, 0.2) is 0 Å². The number of nitrogens with one attached hydrogen (secondary N) is 1. The molecule has 0 unspecified atom stereocenters. The minimum atomic E-state index is 0.596. The van der Waals surface area contributed by atoms with Gasteiger partial charge in [-0.2, -0.15) is 0 Å². The van der Waals surface area contributed by atoms with Gasteiger partial charge in [-0.1, -0.05) is 37.3 Å². The maximum atomic E-state index is 3.36. The summed E-state index contributed by atoms with van der Waals surface area (Å²) in [6.07, 6.45) is 5.37. The van der Waals surface area contributed by atoms with Crippen molar-refractivity contribution >= 4 is 0 Å². The molecule has 1 heterocycles. The average Bonchev–Trinajstić information content (AvgIpc) is 2.31. The summed E-state index contributed by atoms with van der Waals surface area (Å²) in [5.74, 6) is 0. The largest absolute Gasteiger partial charge is 0.385 e. The van der Waals surface area contributed by atoms with Crippen molar-refractivity contribution in [1.29, 1.82) is 0 Å². The summed E-state index contributed by atoms with van der Waals surface area (Å²) < 4.78 is 0. The van der Waals surface area contributed by atoms with Gasteiger partial charge in [-0.3, -0.25) is 0 Å². The van der Waals surface area contributed by atoms with E-state index in [9.17, 15) is 0 Å². The first-order valence-corrected chi connectivity index (χ1v) is 5.59. The van der Waals surface area contributed by atoms with Crippen molar-refractivity contribution in [3.05, 3.63) is 48.3 Å². The molecule has 1 atom stereocenters. The first-order valence-electron chi connectivity index (χ1n) is 5.59. The Balaban J connectivity index is 1.95. The van der Waals surface area contributed by atoms with Gasteiger partial charge in [-0.05, 0) is 12.0 Å². The number of benzene rings is 1. The van der Waals surface area contributed by atoms with Crippen LogP contribution in [0.5, 0.6) is 0 Å². The third kappa shape index (κ3) is 2.75. The third-order valence-electron chi connectivity index (χ3n) is 2.79. The van der Waals surface area contributed by atoms with Crippen LogP contribution in [0.15, 0.2) is 42.7 Å². The lowest BCUT2D eigenvalue weighted by Gasteiger charge is -2.30. The molecule has 0 amide bonds. The molecule has 0 bridgehead atoms. The monoisotopic (exact) mass is 202 g/mol. The summed E-state index contributed by atoms with van der Waals surface area (Å²) in [4.78, 5) is 2.36. The summed E-state index contributed by atoms with van der Waals surface area (Å²) in [6, 6.07) is 11.2. The molecule has 0 aromatic heterocycles. The van der Waals surface area contributed by atoms with Gasteiger partial charge in [0, 0.05) is 31.5 Å². The molecular weight excluding hydrogens is 184 g/mol. The lowest BCUT2D eigenvalue weighted by Crippen LogP contribution is -2.39. The molecule has 15 heavy (non-hydrogen) atoms. The number of nitrogens with zero attached hydrogens (tertiary/aromatic N) is 1. The Kier molecular flexibility index (Phi) is 3.28. The molecule has 0 saturated heterocycles. The average molecular weight is 202 g/mol. The van der Waals surface area contributed by atoms with Crippen molar-refractivity contribution in [2.45, 2.75) is 25.9 Å². The predicted octanol–water partition coefficient (Wildman–Crippen LogP) is 2.34. The molecule has 2 nitrogen and oxygen atoms in total. The SMILES string of the molecule is CC[C@H]1CN(Cc2ccccc2)C=CN1. The fourth-order valence-electron chi connectivity index (χ4n) is 1.86. The number of hydrogen-bond donors (Lipinski definition) is 1. The summed E-state index contributed by atoms with van der Waals surface area (Å²) in [5.41, 5.74) is 1.37. The highest BCUT2D eigenvalue weighted by atomic mass is 15.2. The van der Waals surface area contributed by atoms with E-state index >= 15 is 0 Å². The Labute approximate surface area is 91.6 Å². The fourth-order valence-corrected chi connectivity index (χ4v) is 1.86. The first-order chi connectivity index (χ1) is 7.38. The van der Waals surface area contributed by atoms with Gasteiger partial charge >= 0.3 is 0 Å². The number of hydrogen-bond acceptors (Lipinski definition) is 2. The minimum Gasteiger partial charge on any atom is -0.385 e. The Morgan fingerprint density at radius 1 is 1.33 bits per heavy atom. The van der Waals surface area contributed by atoms with E-state index in [2.05, 4.69) is 59.9 Å². The molecule has 1 aliphatic heterocycles. The van der Waals surface area contributed by atoms with E-state index in [1.54, 1.807) is 0 Å². The van der Waals surface area contributed by atoms with Gasteiger partial charge in [-0.25, -0.2) is 0 Å². The van der Waals surface area contributed by atoms with Gasteiger partial charge in [0.05, 0.1) is 0 Å². The molecule has 0 saturated carbocycles. The second kappa shape index (κ2) is 4.87. The highest BCUT2D eigenvalue weighted by Gasteiger charge is 2.12. The van der Waals surface area contributed by atoms with Crippen LogP contribution in [0.25, 0.3) is 0 Å². The van der Waals surface area contributed by atoms with Crippen LogP contribution < -0.4 is 5.32 Å². The molecule has 0 aliphatic carbocycles. The Morgan fingerprint density at radius 2 is 2.13 bits per heavy atom. The van der Waals surface area contributed by atoms with Crippen molar-refractivity contribution in [1.82, 2.24) is 10.2 Å². The Morgan fingerprint density at radius 3 is 2.87 bits per heavy atom. The summed E-state index contributed by atoms with van der Waals surface area (Å²) >= 11 is 0. The molecule has 0 spiro atoms. The van der Waals surface area contributed by atoms with Crippen molar-refractivity contribution in [3.8, 4) is 0 Å². The van der Waals surface area contributed by atoms with E-state index in [4.69, 9.17) is 0 Å². The quantitative estimate of drug-likeness (QED) is 0.809. The van der Waals surface area contributed by atoms with Crippen molar-refractivity contribution in [2.75, 3.05) is 6.54 Å². The molecule has 1 aliphatic rings. The maximum absolute atomic E-state index is 3.36. The molecule has 1 aromatic carbocycles. The molecule has 1 aromatic rings. The van der Waals surface area contributed by atoms with E-state index in [1.165, 1.54) is 12.0 Å². The topological polar surface area (TPSA) is 15.3 Å². The van der Waals surface area contributed by atoms with E-state index in [-0.39, 0.29) is 0 Å². The molecule has 1 N–H and O–H groups in total. The van der Waals surface area contributed by atoms with E-state index in [1.807, 2.05) is 0 Å². The second-order valence-corrected chi connectivity index (χ2v) is 4.00. The van der Waals surface area contributed by atoms with Crippen molar-refractivity contribution < 1.29 is 0 Å². The van der Waals surface area contributed by atoms with Crippen LogP contribution in [0, 0.1) is 0 Å². The van der Waals surface area contributed by atoms with Crippen molar-refractivity contribution in [2.24, 2.45) is 0 Å². The number of rotatable bonds is 3. The molecule has 80 valence electrons. The van der Waals surface area contributed by atoms with Gasteiger partial charge in [0.25, 0.3) is 0 Å². The summed E-state index contributed by atoms with van der Waals surface area (Å²) in [6.45, 7) is 4.33. The molecule has 2 heteroatoms. The minimum absolute atomic E-state index is 0.596. The predicted molar refractivity (Wildman–Crippen MR) is 63.2 cm³/mol. The van der Waals surface area contributed by atoms with Crippen LogP contribution in [-0.4, -0.2) is 17.5 Å². The molecule has 0 fully saturated rings. The van der Waals surface area contributed by atoms with E-state index in [0.717, 1.165) is 13.1 Å². The smallest absolute Gasteiger partial charge is 0.0428 e. The van der Waals surface area contributed by atoms with Gasteiger partial charge in [0.2, 0.25) is 0 Å². The lowest BCUT2D eigenvalue weighted by molar-refractivity contribution is 0.299. The van der Waals surface area contributed by atoms with Gasteiger partial charge in [-0.15, -0.1) is 0 Å². The highest BCUT2D eigenvalue weighted by Crippen LogP contribution is 2.09. The van der Waals surface area contributed by atoms with Crippen LogP contribution in [0.4, 0.5) is 0 Å². The van der Waals surface area contributed by atoms with E-state index in [0.29, 0.717) is 6.04 Å². The van der Waals surface area contributed by atoms with Crippen LogP contribution in [-0.2, 0) is 6.54 Å². The summed E-state index contributed by atoms with van der Waals surface area (Å²) in [5, 5.41) is 3.36. The van der Waals surface area contributed by atoms with Crippen LogP contribution in [0.2, 0.25) is 0 Å². The van der Waals surface area contributed by atoms with Gasteiger partial charge < -0.3 is 10.2 Å². The normalized spacial score (nSPS) is 20.1. The molecule has 2 rings (SSSR count). The van der Waals surface area contributed by atoms with Crippen LogP contribution in [0.3, 0.4) is 0 Å². The van der Waals surface area contributed by atoms with Crippen LogP contribution >= 0.6 is 0 Å². The zero-order valence-electron chi connectivity index (χ0n) is 9.19. The van der Waals surface area contributed by atoms with E-state index < -0.39 is 0 Å². The highest BCUT2D eigenvalue weighted by molar-refractivity contribution is 5.15. The maximum Gasteiger partial charge on any atom is 0.0428 e. The zero-order valence-corrected chi connectivity index (χ0v) is 9.19. The standard InChI is InChI=1S/C13H18N2/c1-2-13-11-15(9-8-14-13)10-12-6-4-3-5-7-12/h3-9,13-14H,2,10-11H2,1H3/t13-/m0/s1. The first kappa shape index (κ1) is 10.1. The molecule has 0 radical (unpaired) electrons.